The molecule has 0 spiro atoms. The Morgan fingerprint density at radius 2 is 2.35 bits per heavy atom. The van der Waals surface area contributed by atoms with Crippen molar-refractivity contribution in [2.75, 3.05) is 0 Å². The largest absolute Gasteiger partial charge is 0.301 e. The van der Waals surface area contributed by atoms with Crippen LogP contribution in [0, 0.1) is 0 Å². The summed E-state index contributed by atoms with van der Waals surface area (Å²) in [7, 11) is 0. The van der Waals surface area contributed by atoms with Gasteiger partial charge in [-0.2, -0.15) is 5.10 Å². The molecule has 0 aromatic carbocycles. The molecule has 0 radical (unpaired) electrons. The van der Waals surface area contributed by atoms with Gasteiger partial charge in [0.05, 0.1) is 5.69 Å². The molecule has 17 heavy (non-hydrogen) atoms. The number of nitrogens with zero attached hydrogens (tertiary/aromatic N) is 1. The van der Waals surface area contributed by atoms with Crippen molar-refractivity contribution >= 4 is 11.3 Å². The Hall–Kier alpha value is -1.13. The van der Waals surface area contributed by atoms with E-state index in [2.05, 4.69) is 46.9 Å². The summed E-state index contributed by atoms with van der Waals surface area (Å²) in [5.41, 5.74) is 1.14. The van der Waals surface area contributed by atoms with Gasteiger partial charge in [0.15, 0.2) is 0 Å². The van der Waals surface area contributed by atoms with E-state index in [1.165, 1.54) is 17.7 Å². The number of rotatable bonds is 6. The zero-order chi connectivity index (χ0) is 12.1. The second-order valence-electron chi connectivity index (χ2n) is 4.26. The van der Waals surface area contributed by atoms with E-state index in [1.54, 1.807) is 6.20 Å². The second kappa shape index (κ2) is 5.98. The molecular formula is C13H19N3S. The highest BCUT2D eigenvalue weighted by molar-refractivity contribution is 7.10. The Balaban J connectivity index is 2.03. The standard InChI is InChI=1S/C13H19N3S/c1-3-5-12(13-6-4-9-17-13)15-10(2)11-7-8-14-16-11/h4,6-10,12,15H,3,5H2,1-2H3,(H,14,16). The lowest BCUT2D eigenvalue weighted by Crippen LogP contribution is -2.24. The van der Waals surface area contributed by atoms with Gasteiger partial charge in [-0.15, -0.1) is 11.3 Å². The maximum Gasteiger partial charge on any atom is 0.0518 e. The van der Waals surface area contributed by atoms with E-state index in [-0.39, 0.29) is 0 Å². The summed E-state index contributed by atoms with van der Waals surface area (Å²) < 4.78 is 0. The first-order valence-corrected chi connectivity index (χ1v) is 6.98. The first-order valence-electron chi connectivity index (χ1n) is 6.10. The minimum absolute atomic E-state index is 0.302. The topological polar surface area (TPSA) is 40.7 Å². The number of aromatic amines is 1. The van der Waals surface area contributed by atoms with E-state index in [0.717, 1.165) is 5.69 Å². The van der Waals surface area contributed by atoms with Gasteiger partial charge in [0.25, 0.3) is 0 Å². The third-order valence-electron chi connectivity index (χ3n) is 2.90. The lowest BCUT2D eigenvalue weighted by atomic mass is 10.1. The molecule has 2 rings (SSSR count). The molecule has 0 fully saturated rings. The Morgan fingerprint density at radius 1 is 1.47 bits per heavy atom. The van der Waals surface area contributed by atoms with Crippen molar-refractivity contribution in [3.8, 4) is 0 Å². The van der Waals surface area contributed by atoms with Gasteiger partial charge in [0, 0.05) is 23.2 Å². The molecule has 2 atom stereocenters. The molecule has 0 aliphatic heterocycles. The molecule has 2 unspecified atom stereocenters. The molecule has 2 heterocycles. The highest BCUT2D eigenvalue weighted by Gasteiger charge is 2.15. The van der Waals surface area contributed by atoms with Crippen LogP contribution < -0.4 is 5.32 Å². The Labute approximate surface area is 106 Å². The highest BCUT2D eigenvalue weighted by Crippen LogP contribution is 2.26. The van der Waals surface area contributed by atoms with Crippen molar-refractivity contribution in [2.45, 2.75) is 38.8 Å². The average Bonchev–Trinajstić information content (AvgIpc) is 3.01. The minimum atomic E-state index is 0.302. The summed E-state index contributed by atoms with van der Waals surface area (Å²) in [5.74, 6) is 0. The fourth-order valence-electron chi connectivity index (χ4n) is 1.99. The Kier molecular flexibility index (Phi) is 4.34. The lowest BCUT2D eigenvalue weighted by molar-refractivity contribution is 0.439. The molecule has 2 aromatic heterocycles. The van der Waals surface area contributed by atoms with Gasteiger partial charge in [-0.05, 0) is 30.9 Å². The molecule has 2 N–H and O–H groups in total. The summed E-state index contributed by atoms with van der Waals surface area (Å²) in [5, 5.41) is 12.8. The molecule has 0 aliphatic carbocycles. The van der Waals surface area contributed by atoms with E-state index in [1.807, 2.05) is 17.4 Å². The van der Waals surface area contributed by atoms with E-state index in [4.69, 9.17) is 0 Å². The van der Waals surface area contributed by atoms with Crippen molar-refractivity contribution in [3.63, 3.8) is 0 Å². The molecule has 0 aliphatic rings. The van der Waals surface area contributed by atoms with E-state index >= 15 is 0 Å². The number of nitrogens with one attached hydrogen (secondary N) is 2. The average molecular weight is 249 g/mol. The molecular weight excluding hydrogens is 230 g/mol. The van der Waals surface area contributed by atoms with Crippen molar-refractivity contribution in [1.29, 1.82) is 0 Å². The Morgan fingerprint density at radius 3 is 2.94 bits per heavy atom. The normalized spacial score (nSPS) is 14.7. The molecule has 2 aromatic rings. The van der Waals surface area contributed by atoms with Crippen LogP contribution in [0.1, 0.15) is 49.3 Å². The van der Waals surface area contributed by atoms with Crippen LogP contribution in [0.15, 0.2) is 29.8 Å². The van der Waals surface area contributed by atoms with Crippen LogP contribution in [-0.4, -0.2) is 10.2 Å². The number of thiophene rings is 1. The molecule has 0 bridgehead atoms. The molecule has 92 valence electrons. The zero-order valence-electron chi connectivity index (χ0n) is 10.3. The monoisotopic (exact) mass is 249 g/mol. The van der Waals surface area contributed by atoms with Gasteiger partial charge in [0.1, 0.15) is 0 Å². The predicted octanol–water partition coefficient (Wildman–Crippen LogP) is 3.66. The first-order chi connectivity index (χ1) is 8.31. The fourth-order valence-corrected chi connectivity index (χ4v) is 2.81. The number of H-pyrrole nitrogens is 1. The van der Waals surface area contributed by atoms with Gasteiger partial charge in [-0.25, -0.2) is 0 Å². The summed E-state index contributed by atoms with van der Waals surface area (Å²) in [4.78, 5) is 1.42. The number of hydrogen-bond acceptors (Lipinski definition) is 3. The molecule has 3 nitrogen and oxygen atoms in total. The minimum Gasteiger partial charge on any atom is -0.301 e. The third-order valence-corrected chi connectivity index (χ3v) is 3.89. The van der Waals surface area contributed by atoms with Crippen molar-refractivity contribution in [1.82, 2.24) is 15.5 Å². The third kappa shape index (κ3) is 3.17. The van der Waals surface area contributed by atoms with Crippen molar-refractivity contribution in [2.24, 2.45) is 0 Å². The lowest BCUT2D eigenvalue weighted by Gasteiger charge is -2.21. The van der Waals surface area contributed by atoms with Gasteiger partial charge >= 0.3 is 0 Å². The first kappa shape index (κ1) is 12.3. The van der Waals surface area contributed by atoms with Crippen LogP contribution >= 0.6 is 11.3 Å². The smallest absolute Gasteiger partial charge is 0.0518 e. The second-order valence-corrected chi connectivity index (χ2v) is 5.24. The zero-order valence-corrected chi connectivity index (χ0v) is 11.1. The van der Waals surface area contributed by atoms with Gasteiger partial charge < -0.3 is 5.32 Å². The van der Waals surface area contributed by atoms with E-state index in [9.17, 15) is 0 Å². The fraction of sp³-hybridized carbons (Fsp3) is 0.462. The number of hydrogen-bond donors (Lipinski definition) is 2. The van der Waals surface area contributed by atoms with Crippen LogP contribution in [0.3, 0.4) is 0 Å². The highest BCUT2D eigenvalue weighted by atomic mass is 32.1. The van der Waals surface area contributed by atoms with Crippen LogP contribution in [0.4, 0.5) is 0 Å². The van der Waals surface area contributed by atoms with Crippen LogP contribution in [0.5, 0.6) is 0 Å². The van der Waals surface area contributed by atoms with Gasteiger partial charge in [0.2, 0.25) is 0 Å². The quantitative estimate of drug-likeness (QED) is 0.820. The maximum atomic E-state index is 4.00. The predicted molar refractivity (Wildman–Crippen MR) is 72.1 cm³/mol. The molecule has 4 heteroatoms. The van der Waals surface area contributed by atoms with Gasteiger partial charge in [-0.3, -0.25) is 5.10 Å². The summed E-state index contributed by atoms with van der Waals surface area (Å²) in [6.45, 7) is 4.40. The molecule has 0 saturated heterocycles. The Bertz CT molecular complexity index is 408. The van der Waals surface area contributed by atoms with E-state index in [0.29, 0.717) is 12.1 Å². The van der Waals surface area contributed by atoms with E-state index < -0.39 is 0 Å². The maximum absolute atomic E-state index is 4.00. The van der Waals surface area contributed by atoms with Crippen molar-refractivity contribution < 1.29 is 0 Å². The molecule has 0 saturated carbocycles. The summed E-state index contributed by atoms with van der Waals surface area (Å²) >= 11 is 1.82. The number of aromatic nitrogens is 2. The van der Waals surface area contributed by atoms with Crippen molar-refractivity contribution in [3.05, 3.63) is 40.3 Å². The summed E-state index contributed by atoms with van der Waals surface area (Å²) in [6, 6.07) is 7.09. The summed E-state index contributed by atoms with van der Waals surface area (Å²) in [6.07, 6.45) is 4.15. The van der Waals surface area contributed by atoms with Crippen LogP contribution in [-0.2, 0) is 0 Å². The molecule has 0 amide bonds. The van der Waals surface area contributed by atoms with Gasteiger partial charge in [-0.1, -0.05) is 19.4 Å². The van der Waals surface area contributed by atoms with Crippen LogP contribution in [0.2, 0.25) is 0 Å². The van der Waals surface area contributed by atoms with Crippen LogP contribution in [0.25, 0.3) is 0 Å². The SMILES string of the molecule is CCCC(NC(C)c1ccn[nH]1)c1cccs1.